The van der Waals surface area contributed by atoms with E-state index in [1.165, 1.54) is 4.90 Å². The van der Waals surface area contributed by atoms with Gasteiger partial charge in [0.2, 0.25) is 5.91 Å². The quantitative estimate of drug-likeness (QED) is 0.838. The minimum Gasteiger partial charge on any atom is -0.484 e. The molecule has 0 aliphatic carbocycles. The monoisotopic (exact) mass is 312 g/mol. The lowest BCUT2D eigenvalue weighted by molar-refractivity contribution is -0.137. The van der Waals surface area contributed by atoms with Gasteiger partial charge in [-0.05, 0) is 39.0 Å². The van der Waals surface area contributed by atoms with Crippen molar-refractivity contribution in [1.29, 1.82) is 0 Å². The Labute approximate surface area is 130 Å². The van der Waals surface area contributed by atoms with Crippen LogP contribution >= 0.6 is 11.6 Å². The number of hydrogen-bond acceptors (Lipinski definition) is 3. The summed E-state index contributed by atoms with van der Waals surface area (Å²) in [5.74, 6) is 0.109. The SMILES string of the molecule is CCN(CC(=O)NC(C)C)C(=O)COc1cccc(Cl)c1. The third-order valence-corrected chi connectivity index (χ3v) is 2.91. The first kappa shape index (κ1) is 17.3. The Hall–Kier alpha value is -1.75. The predicted molar refractivity (Wildman–Crippen MR) is 82.5 cm³/mol. The first-order valence-corrected chi connectivity index (χ1v) is 7.25. The molecule has 0 aromatic heterocycles. The number of rotatable bonds is 7. The molecule has 116 valence electrons. The van der Waals surface area contributed by atoms with Crippen LogP contribution in [-0.4, -0.2) is 42.5 Å². The second kappa shape index (κ2) is 8.52. The molecule has 0 radical (unpaired) electrons. The number of amides is 2. The highest BCUT2D eigenvalue weighted by molar-refractivity contribution is 6.30. The van der Waals surface area contributed by atoms with Crippen LogP contribution < -0.4 is 10.1 Å². The Morgan fingerprint density at radius 2 is 2.10 bits per heavy atom. The minimum absolute atomic E-state index is 0.0341. The van der Waals surface area contributed by atoms with Crippen molar-refractivity contribution in [1.82, 2.24) is 10.2 Å². The van der Waals surface area contributed by atoms with Crippen molar-refractivity contribution < 1.29 is 14.3 Å². The van der Waals surface area contributed by atoms with Gasteiger partial charge < -0.3 is 15.0 Å². The average Bonchev–Trinajstić information content (AvgIpc) is 2.41. The normalized spacial score (nSPS) is 10.3. The van der Waals surface area contributed by atoms with Crippen LogP contribution in [0.1, 0.15) is 20.8 Å². The molecule has 0 saturated heterocycles. The van der Waals surface area contributed by atoms with Gasteiger partial charge in [0, 0.05) is 17.6 Å². The first-order chi connectivity index (χ1) is 9.92. The van der Waals surface area contributed by atoms with Crippen molar-refractivity contribution in [3.05, 3.63) is 29.3 Å². The zero-order valence-corrected chi connectivity index (χ0v) is 13.3. The van der Waals surface area contributed by atoms with E-state index in [0.29, 0.717) is 17.3 Å². The lowest BCUT2D eigenvalue weighted by atomic mass is 10.3. The second-order valence-electron chi connectivity index (χ2n) is 4.88. The molecule has 1 aromatic carbocycles. The van der Waals surface area contributed by atoms with E-state index in [4.69, 9.17) is 16.3 Å². The van der Waals surface area contributed by atoms with Gasteiger partial charge in [-0.15, -0.1) is 0 Å². The minimum atomic E-state index is -0.239. The molecule has 6 heteroatoms. The van der Waals surface area contributed by atoms with E-state index >= 15 is 0 Å². The number of hydrogen-bond donors (Lipinski definition) is 1. The molecule has 0 saturated carbocycles. The van der Waals surface area contributed by atoms with Crippen LogP contribution in [0.25, 0.3) is 0 Å². The summed E-state index contributed by atoms with van der Waals surface area (Å²) in [5.41, 5.74) is 0. The molecular weight excluding hydrogens is 292 g/mol. The van der Waals surface area contributed by atoms with E-state index < -0.39 is 0 Å². The number of nitrogens with one attached hydrogen (secondary N) is 1. The van der Waals surface area contributed by atoms with Crippen LogP contribution in [0.3, 0.4) is 0 Å². The highest BCUT2D eigenvalue weighted by Crippen LogP contribution is 2.17. The Balaban J connectivity index is 2.49. The molecule has 0 aliphatic heterocycles. The van der Waals surface area contributed by atoms with Gasteiger partial charge in [-0.1, -0.05) is 17.7 Å². The van der Waals surface area contributed by atoms with Crippen LogP contribution in [0.2, 0.25) is 5.02 Å². The van der Waals surface area contributed by atoms with Crippen molar-refractivity contribution in [2.75, 3.05) is 19.7 Å². The Morgan fingerprint density at radius 3 is 2.67 bits per heavy atom. The van der Waals surface area contributed by atoms with Gasteiger partial charge in [-0.2, -0.15) is 0 Å². The number of nitrogens with zero attached hydrogens (tertiary/aromatic N) is 1. The number of likely N-dealkylation sites (N-methyl/N-ethyl adjacent to an activating group) is 1. The van der Waals surface area contributed by atoms with E-state index in [2.05, 4.69) is 5.32 Å². The average molecular weight is 313 g/mol. The van der Waals surface area contributed by atoms with Crippen LogP contribution in [-0.2, 0) is 9.59 Å². The van der Waals surface area contributed by atoms with Crippen molar-refractivity contribution >= 4 is 23.4 Å². The summed E-state index contributed by atoms with van der Waals surface area (Å²) in [4.78, 5) is 25.2. The van der Waals surface area contributed by atoms with Crippen LogP contribution in [0.5, 0.6) is 5.75 Å². The van der Waals surface area contributed by atoms with Gasteiger partial charge in [0.15, 0.2) is 6.61 Å². The summed E-state index contributed by atoms with van der Waals surface area (Å²) in [5, 5.41) is 3.30. The largest absolute Gasteiger partial charge is 0.484 e. The molecule has 0 spiro atoms. The number of benzene rings is 1. The maximum atomic E-state index is 12.0. The van der Waals surface area contributed by atoms with E-state index in [1.54, 1.807) is 24.3 Å². The molecule has 0 bridgehead atoms. The highest BCUT2D eigenvalue weighted by Gasteiger charge is 2.16. The van der Waals surface area contributed by atoms with E-state index in [-0.39, 0.29) is 31.0 Å². The lowest BCUT2D eigenvalue weighted by Gasteiger charge is -2.21. The fourth-order valence-electron chi connectivity index (χ4n) is 1.71. The zero-order chi connectivity index (χ0) is 15.8. The van der Waals surface area contributed by atoms with Crippen molar-refractivity contribution in [2.45, 2.75) is 26.8 Å². The number of carbonyl (C=O) groups excluding carboxylic acids is 2. The number of halogens is 1. The van der Waals surface area contributed by atoms with E-state index in [0.717, 1.165) is 0 Å². The Bertz CT molecular complexity index is 492. The fourth-order valence-corrected chi connectivity index (χ4v) is 1.89. The highest BCUT2D eigenvalue weighted by atomic mass is 35.5. The standard InChI is InChI=1S/C15H21ClN2O3/c1-4-18(9-14(19)17-11(2)3)15(20)10-21-13-7-5-6-12(16)8-13/h5-8,11H,4,9-10H2,1-3H3,(H,17,19). The van der Waals surface area contributed by atoms with Gasteiger partial charge in [-0.25, -0.2) is 0 Å². The van der Waals surface area contributed by atoms with E-state index in [9.17, 15) is 9.59 Å². The molecule has 1 rings (SSSR count). The lowest BCUT2D eigenvalue weighted by Crippen LogP contribution is -2.44. The molecule has 0 aliphatic rings. The predicted octanol–water partition coefficient (Wildman–Crippen LogP) is 2.09. The molecule has 2 amide bonds. The Morgan fingerprint density at radius 1 is 1.38 bits per heavy atom. The molecule has 0 unspecified atom stereocenters. The smallest absolute Gasteiger partial charge is 0.260 e. The summed E-state index contributed by atoms with van der Waals surface area (Å²) in [6, 6.07) is 6.88. The third kappa shape index (κ3) is 6.49. The van der Waals surface area contributed by atoms with Gasteiger partial charge in [-0.3, -0.25) is 9.59 Å². The molecule has 0 heterocycles. The van der Waals surface area contributed by atoms with E-state index in [1.807, 2.05) is 20.8 Å². The topological polar surface area (TPSA) is 58.6 Å². The second-order valence-corrected chi connectivity index (χ2v) is 5.31. The summed E-state index contributed by atoms with van der Waals surface area (Å²) in [6.07, 6.45) is 0. The van der Waals surface area contributed by atoms with Gasteiger partial charge in [0.25, 0.3) is 5.91 Å². The molecule has 5 nitrogen and oxygen atoms in total. The van der Waals surface area contributed by atoms with Crippen molar-refractivity contribution in [3.8, 4) is 5.75 Å². The van der Waals surface area contributed by atoms with Gasteiger partial charge >= 0.3 is 0 Å². The molecule has 1 aromatic rings. The number of carbonyl (C=O) groups is 2. The first-order valence-electron chi connectivity index (χ1n) is 6.88. The maximum absolute atomic E-state index is 12.0. The summed E-state index contributed by atoms with van der Waals surface area (Å²) in [6.45, 7) is 5.93. The maximum Gasteiger partial charge on any atom is 0.260 e. The summed E-state index contributed by atoms with van der Waals surface area (Å²) < 4.78 is 5.39. The Kier molecular flexibility index (Phi) is 7.02. The molecule has 1 N–H and O–H groups in total. The summed E-state index contributed by atoms with van der Waals surface area (Å²) in [7, 11) is 0. The summed E-state index contributed by atoms with van der Waals surface area (Å²) >= 11 is 5.84. The fraction of sp³-hybridized carbons (Fsp3) is 0.467. The zero-order valence-electron chi connectivity index (χ0n) is 12.6. The molecule has 0 fully saturated rings. The van der Waals surface area contributed by atoms with Gasteiger partial charge in [0.05, 0.1) is 6.54 Å². The van der Waals surface area contributed by atoms with Crippen LogP contribution in [0.4, 0.5) is 0 Å². The molecule has 21 heavy (non-hydrogen) atoms. The molecule has 0 atom stereocenters. The van der Waals surface area contributed by atoms with Crippen molar-refractivity contribution in [3.63, 3.8) is 0 Å². The van der Waals surface area contributed by atoms with Crippen molar-refractivity contribution in [2.24, 2.45) is 0 Å². The third-order valence-electron chi connectivity index (χ3n) is 2.68. The van der Waals surface area contributed by atoms with Crippen LogP contribution in [0.15, 0.2) is 24.3 Å². The number of ether oxygens (including phenoxy) is 1. The van der Waals surface area contributed by atoms with Gasteiger partial charge in [0.1, 0.15) is 5.75 Å². The molecular formula is C15H21ClN2O3. The van der Waals surface area contributed by atoms with Crippen LogP contribution in [0, 0.1) is 0 Å².